The van der Waals surface area contributed by atoms with Crippen molar-refractivity contribution in [2.75, 3.05) is 6.61 Å². The lowest BCUT2D eigenvalue weighted by Gasteiger charge is -2.22. The highest BCUT2D eigenvalue weighted by atomic mass is 16.3. The standard InChI is InChI=1S/C77H155NO3/c1-3-5-7-9-11-13-15-17-19-21-23-25-27-29-31-33-34-35-36-37-38-39-40-41-42-43-44-45-47-49-51-53-55-57-59-61-63-65-67-69-71-73-77(81)78-75(74-79)76(80)72-70-68-66-64-62-60-58-56-54-52-50-48-46-32-30-28-26-24-22-20-18-16-14-12-10-8-6-4-2/h75-76,79-80H,3-74H2,1-2H3,(H,78,81). The van der Waals surface area contributed by atoms with Gasteiger partial charge in [-0.15, -0.1) is 0 Å². The molecule has 3 N–H and O–H groups in total. The minimum atomic E-state index is -0.657. The highest BCUT2D eigenvalue weighted by molar-refractivity contribution is 5.76. The quantitative estimate of drug-likeness (QED) is 0.0532. The molecule has 0 aliphatic carbocycles. The third kappa shape index (κ3) is 70.0. The molecule has 0 aromatic heterocycles. The lowest BCUT2D eigenvalue weighted by Crippen LogP contribution is -2.45. The second-order valence-corrected chi connectivity index (χ2v) is 27.2. The maximum atomic E-state index is 12.6. The molecule has 2 unspecified atom stereocenters. The maximum Gasteiger partial charge on any atom is 0.220 e. The molecular formula is C77H155NO3. The van der Waals surface area contributed by atoms with E-state index in [-0.39, 0.29) is 12.5 Å². The van der Waals surface area contributed by atoms with Crippen molar-refractivity contribution in [2.45, 2.75) is 482 Å². The van der Waals surface area contributed by atoms with Gasteiger partial charge in [0.1, 0.15) is 0 Å². The van der Waals surface area contributed by atoms with E-state index in [4.69, 9.17) is 0 Å². The van der Waals surface area contributed by atoms with E-state index in [0.717, 1.165) is 25.7 Å². The number of carbonyl (C=O) groups excluding carboxylic acids is 1. The highest BCUT2D eigenvalue weighted by Gasteiger charge is 2.20. The molecule has 2 atom stereocenters. The van der Waals surface area contributed by atoms with Gasteiger partial charge in [0.25, 0.3) is 0 Å². The van der Waals surface area contributed by atoms with Gasteiger partial charge in [0.2, 0.25) is 5.91 Å². The fourth-order valence-electron chi connectivity index (χ4n) is 13.0. The van der Waals surface area contributed by atoms with Crippen molar-refractivity contribution >= 4 is 5.91 Å². The van der Waals surface area contributed by atoms with Crippen LogP contribution in [0.25, 0.3) is 0 Å². The molecule has 4 nitrogen and oxygen atoms in total. The lowest BCUT2D eigenvalue weighted by molar-refractivity contribution is -0.123. The van der Waals surface area contributed by atoms with Crippen LogP contribution in [0.15, 0.2) is 0 Å². The average Bonchev–Trinajstić information content (AvgIpc) is 3.47. The third-order valence-corrected chi connectivity index (χ3v) is 18.9. The van der Waals surface area contributed by atoms with Gasteiger partial charge in [-0.1, -0.05) is 450 Å². The number of amides is 1. The zero-order valence-electron chi connectivity index (χ0n) is 56.4. The van der Waals surface area contributed by atoms with Gasteiger partial charge < -0.3 is 15.5 Å². The lowest BCUT2D eigenvalue weighted by atomic mass is 10.0. The van der Waals surface area contributed by atoms with Crippen molar-refractivity contribution in [3.63, 3.8) is 0 Å². The molecule has 0 aliphatic heterocycles. The van der Waals surface area contributed by atoms with E-state index in [1.807, 2.05) is 0 Å². The molecule has 0 saturated carbocycles. The van der Waals surface area contributed by atoms with E-state index in [1.54, 1.807) is 0 Å². The number of unbranched alkanes of at least 4 members (excludes halogenated alkanes) is 67. The van der Waals surface area contributed by atoms with E-state index in [1.165, 1.54) is 417 Å². The van der Waals surface area contributed by atoms with Crippen LogP contribution in [-0.2, 0) is 4.79 Å². The number of rotatable bonds is 74. The fraction of sp³-hybridized carbons (Fsp3) is 0.987. The first-order valence-electron chi connectivity index (χ1n) is 38.7. The smallest absolute Gasteiger partial charge is 0.220 e. The molecule has 0 bridgehead atoms. The second-order valence-electron chi connectivity index (χ2n) is 27.2. The summed E-state index contributed by atoms with van der Waals surface area (Å²) < 4.78 is 0. The minimum absolute atomic E-state index is 0.0183. The van der Waals surface area contributed by atoms with Crippen LogP contribution in [0.1, 0.15) is 470 Å². The van der Waals surface area contributed by atoms with E-state index in [0.29, 0.717) is 12.8 Å². The molecule has 0 aliphatic rings. The number of hydrogen-bond acceptors (Lipinski definition) is 3. The Labute approximate surface area is 512 Å². The van der Waals surface area contributed by atoms with Gasteiger partial charge in [-0.05, 0) is 12.8 Å². The van der Waals surface area contributed by atoms with Gasteiger partial charge in [-0.25, -0.2) is 0 Å². The highest BCUT2D eigenvalue weighted by Crippen LogP contribution is 2.21. The molecule has 0 heterocycles. The van der Waals surface area contributed by atoms with Crippen LogP contribution >= 0.6 is 0 Å². The normalized spacial score (nSPS) is 12.5. The van der Waals surface area contributed by atoms with Crippen LogP contribution in [0.3, 0.4) is 0 Å². The van der Waals surface area contributed by atoms with Crippen LogP contribution in [0.4, 0.5) is 0 Å². The molecule has 81 heavy (non-hydrogen) atoms. The average molecular weight is 1140 g/mol. The first kappa shape index (κ1) is 80.4. The Morgan fingerprint density at radius 2 is 0.395 bits per heavy atom. The Kier molecular flexibility index (Phi) is 73.1. The predicted molar refractivity (Wildman–Crippen MR) is 364 cm³/mol. The SMILES string of the molecule is CCCCCCCCCCCCCCCCCCCCCCCCCCCCCCCCCCCCCCCCCCCC(=O)NC(CO)C(O)CCCCCCCCCCCCCCCCCCCCCCCCCCCCCC. The molecule has 486 valence electrons. The summed E-state index contributed by atoms with van der Waals surface area (Å²) in [5.74, 6) is -0.0183. The number of hydrogen-bond donors (Lipinski definition) is 3. The first-order valence-corrected chi connectivity index (χ1v) is 38.7. The van der Waals surface area contributed by atoms with Crippen LogP contribution in [0.2, 0.25) is 0 Å². The Hall–Kier alpha value is -0.610. The molecule has 1 amide bonds. The summed E-state index contributed by atoms with van der Waals surface area (Å²) >= 11 is 0. The maximum absolute atomic E-state index is 12.6. The third-order valence-electron chi connectivity index (χ3n) is 18.9. The first-order chi connectivity index (χ1) is 40.2. The van der Waals surface area contributed by atoms with Crippen LogP contribution in [0.5, 0.6) is 0 Å². The number of carbonyl (C=O) groups is 1. The Balaban J connectivity index is 3.32. The minimum Gasteiger partial charge on any atom is -0.394 e. The van der Waals surface area contributed by atoms with E-state index in [9.17, 15) is 15.0 Å². The van der Waals surface area contributed by atoms with Crippen molar-refractivity contribution < 1.29 is 15.0 Å². The summed E-state index contributed by atoms with van der Waals surface area (Å²) in [5, 5.41) is 23.5. The van der Waals surface area contributed by atoms with Crippen LogP contribution in [0, 0.1) is 0 Å². The number of aliphatic hydroxyl groups excluding tert-OH is 2. The molecule has 0 rings (SSSR count). The van der Waals surface area contributed by atoms with Crippen molar-refractivity contribution in [3.8, 4) is 0 Å². The molecular weight excluding hydrogens is 987 g/mol. The zero-order chi connectivity index (χ0) is 58.4. The molecule has 0 radical (unpaired) electrons. The van der Waals surface area contributed by atoms with Crippen molar-refractivity contribution in [2.24, 2.45) is 0 Å². The number of aliphatic hydroxyl groups is 2. The van der Waals surface area contributed by atoms with Gasteiger partial charge in [0, 0.05) is 6.42 Å². The summed E-state index contributed by atoms with van der Waals surface area (Å²) in [5.41, 5.74) is 0. The van der Waals surface area contributed by atoms with E-state index in [2.05, 4.69) is 19.2 Å². The Morgan fingerprint density at radius 1 is 0.247 bits per heavy atom. The molecule has 0 aromatic carbocycles. The summed E-state index contributed by atoms with van der Waals surface area (Å²) in [7, 11) is 0. The fourth-order valence-corrected chi connectivity index (χ4v) is 13.0. The predicted octanol–water partition coefficient (Wildman–Crippen LogP) is 26.6. The van der Waals surface area contributed by atoms with Gasteiger partial charge >= 0.3 is 0 Å². The van der Waals surface area contributed by atoms with Gasteiger partial charge in [-0.3, -0.25) is 4.79 Å². The molecule has 0 saturated heterocycles. The summed E-state index contributed by atoms with van der Waals surface area (Å²) in [6, 6.07) is -0.533. The van der Waals surface area contributed by atoms with Crippen LogP contribution < -0.4 is 5.32 Å². The molecule has 0 aromatic rings. The Bertz CT molecular complexity index is 1110. The van der Waals surface area contributed by atoms with E-state index >= 15 is 0 Å². The largest absolute Gasteiger partial charge is 0.394 e. The summed E-state index contributed by atoms with van der Waals surface area (Å²) in [6.07, 6.45) is 97.9. The monoisotopic (exact) mass is 1140 g/mol. The van der Waals surface area contributed by atoms with Gasteiger partial charge in [0.15, 0.2) is 0 Å². The summed E-state index contributed by atoms with van der Waals surface area (Å²) in [6.45, 7) is 4.43. The molecule has 4 heteroatoms. The van der Waals surface area contributed by atoms with Gasteiger partial charge in [0.05, 0.1) is 18.8 Å². The molecule has 0 fully saturated rings. The topological polar surface area (TPSA) is 69.6 Å². The Morgan fingerprint density at radius 3 is 0.556 bits per heavy atom. The van der Waals surface area contributed by atoms with Crippen molar-refractivity contribution in [1.82, 2.24) is 5.32 Å². The number of nitrogens with one attached hydrogen (secondary N) is 1. The van der Waals surface area contributed by atoms with Crippen molar-refractivity contribution in [1.29, 1.82) is 0 Å². The zero-order valence-corrected chi connectivity index (χ0v) is 56.4. The molecule has 0 spiro atoms. The second kappa shape index (κ2) is 73.6. The van der Waals surface area contributed by atoms with Crippen LogP contribution in [-0.4, -0.2) is 34.9 Å². The van der Waals surface area contributed by atoms with E-state index < -0.39 is 12.1 Å². The van der Waals surface area contributed by atoms with Crippen molar-refractivity contribution in [3.05, 3.63) is 0 Å². The summed E-state index contributed by atoms with van der Waals surface area (Å²) in [4.78, 5) is 12.6. The van der Waals surface area contributed by atoms with Gasteiger partial charge in [-0.2, -0.15) is 0 Å².